The van der Waals surface area contributed by atoms with Crippen molar-refractivity contribution in [3.63, 3.8) is 0 Å². The zero-order valence-corrected chi connectivity index (χ0v) is 9.45. The Kier molecular flexibility index (Phi) is 4.88. The van der Waals surface area contributed by atoms with Crippen LogP contribution in [0.3, 0.4) is 0 Å². The van der Waals surface area contributed by atoms with Gasteiger partial charge in [-0.05, 0) is 18.4 Å². The van der Waals surface area contributed by atoms with Crippen molar-refractivity contribution in [2.45, 2.75) is 27.2 Å². The third kappa shape index (κ3) is 11.9. The Hall–Kier alpha value is -0.130. The lowest BCUT2D eigenvalue weighted by atomic mass is 9.92. The number of hydrogen-bond acceptors (Lipinski definition) is 3. The first-order valence-electron chi connectivity index (χ1n) is 4.42. The van der Waals surface area contributed by atoms with Gasteiger partial charge in [0.2, 0.25) is 10.0 Å². The number of rotatable bonds is 5. The maximum absolute atomic E-state index is 10.5. The van der Waals surface area contributed by atoms with Gasteiger partial charge in [-0.1, -0.05) is 20.8 Å². The fourth-order valence-corrected chi connectivity index (χ4v) is 1.23. The van der Waals surface area contributed by atoms with Gasteiger partial charge in [0.1, 0.15) is 0 Å². The van der Waals surface area contributed by atoms with Crippen LogP contribution in [-0.2, 0) is 10.0 Å². The van der Waals surface area contributed by atoms with E-state index in [1.54, 1.807) is 0 Å². The van der Waals surface area contributed by atoms with Crippen LogP contribution in [0, 0.1) is 5.41 Å². The number of primary sulfonamides is 1. The molecule has 3 N–H and O–H groups in total. The van der Waals surface area contributed by atoms with Gasteiger partial charge in [-0.3, -0.25) is 0 Å². The zero-order valence-electron chi connectivity index (χ0n) is 8.63. The largest absolute Gasteiger partial charge is 0.316 e. The SMILES string of the molecule is CC(C)(C)CCNCCS(N)(=O)=O. The Bertz CT molecular complexity index is 229. The normalized spacial score (nSPS) is 13.2. The fraction of sp³-hybridized carbons (Fsp3) is 1.00. The van der Waals surface area contributed by atoms with Crippen molar-refractivity contribution in [2.75, 3.05) is 18.8 Å². The van der Waals surface area contributed by atoms with Crippen LogP contribution < -0.4 is 10.5 Å². The second kappa shape index (κ2) is 4.93. The Morgan fingerprint density at radius 1 is 1.23 bits per heavy atom. The smallest absolute Gasteiger partial charge is 0.210 e. The molecule has 0 saturated carbocycles. The van der Waals surface area contributed by atoms with E-state index in [0.717, 1.165) is 13.0 Å². The van der Waals surface area contributed by atoms with Crippen molar-refractivity contribution >= 4 is 10.0 Å². The molecule has 0 unspecified atom stereocenters. The molecule has 0 aromatic carbocycles. The minimum Gasteiger partial charge on any atom is -0.316 e. The molecule has 0 fully saturated rings. The molecule has 4 nitrogen and oxygen atoms in total. The molecule has 0 rings (SSSR count). The van der Waals surface area contributed by atoms with Crippen LogP contribution in [0.1, 0.15) is 27.2 Å². The van der Waals surface area contributed by atoms with Gasteiger partial charge in [-0.25, -0.2) is 13.6 Å². The van der Waals surface area contributed by atoms with Gasteiger partial charge in [0.15, 0.2) is 0 Å². The number of nitrogens with two attached hydrogens (primary N) is 1. The third-order valence-electron chi connectivity index (χ3n) is 1.62. The number of sulfonamides is 1. The van der Waals surface area contributed by atoms with E-state index in [4.69, 9.17) is 5.14 Å². The van der Waals surface area contributed by atoms with Crippen molar-refractivity contribution in [3.05, 3.63) is 0 Å². The summed E-state index contributed by atoms with van der Waals surface area (Å²) in [6, 6.07) is 0. The summed E-state index contributed by atoms with van der Waals surface area (Å²) in [6.07, 6.45) is 1.03. The summed E-state index contributed by atoms with van der Waals surface area (Å²) < 4.78 is 21.1. The van der Waals surface area contributed by atoms with Crippen molar-refractivity contribution < 1.29 is 8.42 Å². The highest BCUT2D eigenvalue weighted by atomic mass is 32.2. The lowest BCUT2D eigenvalue weighted by Gasteiger charge is -2.17. The second-order valence-electron chi connectivity index (χ2n) is 4.43. The molecule has 5 heteroatoms. The van der Waals surface area contributed by atoms with E-state index in [2.05, 4.69) is 26.1 Å². The lowest BCUT2D eigenvalue weighted by molar-refractivity contribution is 0.369. The van der Waals surface area contributed by atoms with Gasteiger partial charge in [-0.15, -0.1) is 0 Å². The van der Waals surface area contributed by atoms with E-state index in [1.165, 1.54) is 0 Å². The lowest BCUT2D eigenvalue weighted by Crippen LogP contribution is -2.29. The van der Waals surface area contributed by atoms with Crippen LogP contribution in [0.15, 0.2) is 0 Å². The van der Waals surface area contributed by atoms with E-state index in [9.17, 15) is 8.42 Å². The first-order chi connectivity index (χ1) is 5.71. The van der Waals surface area contributed by atoms with E-state index < -0.39 is 10.0 Å². The highest BCUT2D eigenvalue weighted by molar-refractivity contribution is 7.89. The molecule has 0 aromatic heterocycles. The molecular weight excluding hydrogens is 188 g/mol. The molecule has 0 aliphatic carbocycles. The Balaban J connectivity index is 3.39. The maximum atomic E-state index is 10.5. The molecule has 0 aliphatic rings. The summed E-state index contributed by atoms with van der Waals surface area (Å²) in [7, 11) is -3.30. The Labute approximate surface area is 80.9 Å². The highest BCUT2D eigenvalue weighted by Crippen LogP contribution is 2.16. The number of nitrogens with one attached hydrogen (secondary N) is 1. The monoisotopic (exact) mass is 208 g/mol. The Morgan fingerprint density at radius 3 is 2.15 bits per heavy atom. The second-order valence-corrected chi connectivity index (χ2v) is 6.16. The predicted molar refractivity (Wildman–Crippen MR) is 54.9 cm³/mol. The van der Waals surface area contributed by atoms with Crippen LogP contribution in [-0.4, -0.2) is 27.3 Å². The van der Waals surface area contributed by atoms with Crippen molar-refractivity contribution in [3.8, 4) is 0 Å². The molecule has 0 atom stereocenters. The summed E-state index contributed by atoms with van der Waals surface area (Å²) >= 11 is 0. The van der Waals surface area contributed by atoms with Gasteiger partial charge >= 0.3 is 0 Å². The molecule has 0 aliphatic heterocycles. The van der Waals surface area contributed by atoms with Gasteiger partial charge in [-0.2, -0.15) is 0 Å². The zero-order chi connectivity index (χ0) is 10.5. The van der Waals surface area contributed by atoms with Crippen molar-refractivity contribution in [1.82, 2.24) is 5.32 Å². The molecule has 0 radical (unpaired) electrons. The van der Waals surface area contributed by atoms with Gasteiger partial charge in [0.25, 0.3) is 0 Å². The summed E-state index contributed by atoms with van der Waals surface area (Å²) in [5.74, 6) is 0.0111. The summed E-state index contributed by atoms with van der Waals surface area (Å²) in [4.78, 5) is 0. The molecular formula is C8H20N2O2S. The van der Waals surface area contributed by atoms with E-state index in [1.807, 2.05) is 0 Å². The molecule has 0 amide bonds. The summed E-state index contributed by atoms with van der Waals surface area (Å²) in [5, 5.41) is 7.88. The van der Waals surface area contributed by atoms with Gasteiger partial charge in [0, 0.05) is 6.54 Å². The van der Waals surface area contributed by atoms with Gasteiger partial charge < -0.3 is 5.32 Å². The van der Waals surface area contributed by atoms with E-state index in [0.29, 0.717) is 6.54 Å². The van der Waals surface area contributed by atoms with Crippen LogP contribution >= 0.6 is 0 Å². The maximum Gasteiger partial charge on any atom is 0.210 e. The summed E-state index contributed by atoms with van der Waals surface area (Å²) in [5.41, 5.74) is 0.286. The molecule has 80 valence electrons. The van der Waals surface area contributed by atoms with Gasteiger partial charge in [0.05, 0.1) is 5.75 Å². The first kappa shape index (κ1) is 12.9. The minimum absolute atomic E-state index is 0.0111. The van der Waals surface area contributed by atoms with Crippen molar-refractivity contribution in [2.24, 2.45) is 10.6 Å². The molecule has 0 aromatic rings. The van der Waals surface area contributed by atoms with E-state index >= 15 is 0 Å². The average molecular weight is 208 g/mol. The molecule has 0 spiro atoms. The van der Waals surface area contributed by atoms with Crippen molar-refractivity contribution in [1.29, 1.82) is 0 Å². The number of hydrogen-bond donors (Lipinski definition) is 2. The van der Waals surface area contributed by atoms with Crippen LogP contribution in [0.2, 0.25) is 0 Å². The molecule has 13 heavy (non-hydrogen) atoms. The third-order valence-corrected chi connectivity index (χ3v) is 2.39. The Morgan fingerprint density at radius 2 is 1.77 bits per heavy atom. The quantitative estimate of drug-likeness (QED) is 0.638. The predicted octanol–water partition coefficient (Wildman–Crippen LogP) is 0.301. The average Bonchev–Trinajstić information content (AvgIpc) is 1.81. The van der Waals surface area contributed by atoms with Crippen LogP contribution in [0.25, 0.3) is 0 Å². The molecule has 0 heterocycles. The van der Waals surface area contributed by atoms with E-state index in [-0.39, 0.29) is 11.2 Å². The van der Waals surface area contributed by atoms with Crippen LogP contribution in [0.5, 0.6) is 0 Å². The molecule has 0 bridgehead atoms. The summed E-state index contributed by atoms with van der Waals surface area (Å²) in [6.45, 7) is 7.71. The first-order valence-corrected chi connectivity index (χ1v) is 6.13. The van der Waals surface area contributed by atoms with Crippen LogP contribution in [0.4, 0.5) is 0 Å². The minimum atomic E-state index is -3.30. The molecule has 0 saturated heterocycles. The highest BCUT2D eigenvalue weighted by Gasteiger charge is 2.09. The topological polar surface area (TPSA) is 72.2 Å². The standard InChI is InChI=1S/C8H20N2O2S/c1-8(2,3)4-5-10-6-7-13(9,11)12/h10H,4-7H2,1-3H3,(H2,9,11,12). The fourth-order valence-electron chi connectivity index (χ4n) is 0.803.